The lowest BCUT2D eigenvalue weighted by atomic mass is 10.2. The smallest absolute Gasteiger partial charge is 0.246 e. The predicted octanol–water partition coefficient (Wildman–Crippen LogP) is 3.60. The summed E-state index contributed by atoms with van der Waals surface area (Å²) in [7, 11) is -2.01. The van der Waals surface area contributed by atoms with Gasteiger partial charge in [0, 0.05) is 37.6 Å². The van der Waals surface area contributed by atoms with Crippen molar-refractivity contribution in [2.75, 3.05) is 33.3 Å². The summed E-state index contributed by atoms with van der Waals surface area (Å²) in [5.74, 6) is 1.00. The van der Waals surface area contributed by atoms with Crippen LogP contribution in [-0.4, -0.2) is 56.8 Å². The van der Waals surface area contributed by atoms with Crippen LogP contribution < -0.4 is 4.74 Å². The molecule has 2 aromatic carbocycles. The van der Waals surface area contributed by atoms with Gasteiger partial charge in [-0.15, -0.1) is 0 Å². The predicted molar refractivity (Wildman–Crippen MR) is 123 cm³/mol. The summed E-state index contributed by atoms with van der Waals surface area (Å²) >= 11 is 0. The number of carbonyl (C=O) groups excluding carboxylic acids is 1. The van der Waals surface area contributed by atoms with Gasteiger partial charge in [0.25, 0.3) is 0 Å². The van der Waals surface area contributed by atoms with Crippen LogP contribution in [0.5, 0.6) is 5.75 Å². The van der Waals surface area contributed by atoms with Gasteiger partial charge in [0.2, 0.25) is 15.9 Å². The lowest BCUT2D eigenvalue weighted by Crippen LogP contribution is -2.50. The van der Waals surface area contributed by atoms with E-state index in [9.17, 15) is 13.2 Å². The lowest BCUT2D eigenvalue weighted by Gasteiger charge is -2.33. The number of aryl methyl sites for hydroxylation is 2. The van der Waals surface area contributed by atoms with Gasteiger partial charge in [-0.1, -0.05) is 24.3 Å². The molecule has 7 nitrogen and oxygen atoms in total. The molecule has 1 saturated heterocycles. The maximum atomic E-state index is 13.1. The Balaban J connectivity index is 1.42. The fourth-order valence-corrected chi connectivity index (χ4v) is 5.56. The summed E-state index contributed by atoms with van der Waals surface area (Å²) < 4.78 is 38.7. The second-order valence-electron chi connectivity index (χ2n) is 7.86. The van der Waals surface area contributed by atoms with Crippen molar-refractivity contribution in [3.05, 3.63) is 65.4 Å². The van der Waals surface area contributed by atoms with Crippen molar-refractivity contribution in [3.8, 4) is 5.75 Å². The highest BCUT2D eigenvalue weighted by Gasteiger charge is 2.30. The average Bonchev–Trinajstić information content (AvgIpc) is 3.22. The number of amides is 1. The first-order valence-electron chi connectivity index (χ1n) is 10.4. The zero-order valence-electron chi connectivity index (χ0n) is 18.4. The molecule has 0 bridgehead atoms. The van der Waals surface area contributed by atoms with E-state index in [-0.39, 0.29) is 19.0 Å². The zero-order valence-corrected chi connectivity index (χ0v) is 19.2. The van der Waals surface area contributed by atoms with Gasteiger partial charge in [-0.3, -0.25) is 4.79 Å². The number of methoxy groups -OCH3 is 1. The number of benzene rings is 2. The van der Waals surface area contributed by atoms with Gasteiger partial charge >= 0.3 is 0 Å². The van der Waals surface area contributed by atoms with E-state index in [0.717, 1.165) is 16.5 Å². The first-order chi connectivity index (χ1) is 15.3. The Morgan fingerprint density at radius 2 is 1.81 bits per heavy atom. The second-order valence-corrected chi connectivity index (χ2v) is 9.77. The number of furan rings is 1. The fraction of sp³-hybridized carbons (Fsp3) is 0.292. The molecule has 3 aromatic rings. The minimum atomic E-state index is -3.59. The van der Waals surface area contributed by atoms with E-state index < -0.39 is 10.0 Å². The minimum Gasteiger partial charge on any atom is -0.493 e. The number of sulfonamides is 1. The number of ether oxygens (including phenoxy) is 1. The molecule has 0 saturated carbocycles. The molecule has 2 heterocycles. The van der Waals surface area contributed by atoms with Crippen LogP contribution in [0.2, 0.25) is 0 Å². The maximum absolute atomic E-state index is 13.1. The van der Waals surface area contributed by atoms with E-state index in [1.165, 1.54) is 10.4 Å². The molecule has 1 aliphatic heterocycles. The van der Waals surface area contributed by atoms with Crippen molar-refractivity contribution in [2.24, 2.45) is 0 Å². The largest absolute Gasteiger partial charge is 0.493 e. The van der Waals surface area contributed by atoms with E-state index in [0.29, 0.717) is 35.1 Å². The number of rotatable bonds is 5. The Morgan fingerprint density at radius 1 is 1.06 bits per heavy atom. The maximum Gasteiger partial charge on any atom is 0.246 e. The van der Waals surface area contributed by atoms with Crippen molar-refractivity contribution in [3.63, 3.8) is 0 Å². The zero-order chi connectivity index (χ0) is 22.9. The average molecular weight is 455 g/mol. The summed E-state index contributed by atoms with van der Waals surface area (Å²) in [6.07, 6.45) is 3.08. The van der Waals surface area contributed by atoms with E-state index in [1.807, 2.05) is 43.3 Å². The summed E-state index contributed by atoms with van der Waals surface area (Å²) in [5, 5.41) is 0.890. The molecular weight excluding hydrogens is 428 g/mol. The third-order valence-electron chi connectivity index (χ3n) is 5.65. The number of piperazine rings is 1. The van der Waals surface area contributed by atoms with Crippen molar-refractivity contribution in [2.45, 2.75) is 18.7 Å². The van der Waals surface area contributed by atoms with Gasteiger partial charge in [0.1, 0.15) is 5.76 Å². The Morgan fingerprint density at radius 3 is 2.53 bits per heavy atom. The molecule has 0 spiro atoms. The summed E-state index contributed by atoms with van der Waals surface area (Å²) in [5.41, 5.74) is 2.25. The van der Waals surface area contributed by atoms with Crippen LogP contribution in [0, 0.1) is 13.8 Å². The number of para-hydroxylation sites is 1. The van der Waals surface area contributed by atoms with Crippen molar-refractivity contribution >= 4 is 33.0 Å². The van der Waals surface area contributed by atoms with Crippen molar-refractivity contribution in [1.29, 1.82) is 0 Å². The molecule has 1 aliphatic rings. The highest BCUT2D eigenvalue weighted by molar-refractivity contribution is 7.89. The highest BCUT2D eigenvalue weighted by atomic mass is 32.2. The molecule has 168 valence electrons. The summed E-state index contributed by atoms with van der Waals surface area (Å²) in [6, 6.07) is 12.9. The third kappa shape index (κ3) is 4.28. The monoisotopic (exact) mass is 454 g/mol. The van der Waals surface area contributed by atoms with Gasteiger partial charge in [0.05, 0.1) is 12.0 Å². The topological polar surface area (TPSA) is 80.1 Å². The van der Waals surface area contributed by atoms with Crippen LogP contribution in [0.1, 0.15) is 16.9 Å². The van der Waals surface area contributed by atoms with E-state index >= 15 is 0 Å². The number of fused-ring (bicyclic) bond motifs is 1. The Kier molecular flexibility index (Phi) is 6.08. The van der Waals surface area contributed by atoms with E-state index in [1.54, 1.807) is 31.1 Å². The van der Waals surface area contributed by atoms with Gasteiger partial charge < -0.3 is 14.1 Å². The van der Waals surface area contributed by atoms with Crippen LogP contribution >= 0.6 is 0 Å². The lowest BCUT2D eigenvalue weighted by molar-refractivity contribution is -0.127. The van der Waals surface area contributed by atoms with Gasteiger partial charge in [-0.25, -0.2) is 8.42 Å². The molecule has 8 heteroatoms. The molecule has 0 N–H and O–H groups in total. The molecule has 1 amide bonds. The summed E-state index contributed by atoms with van der Waals surface area (Å²) in [6.45, 7) is 4.86. The Bertz CT molecular complexity index is 1280. The van der Waals surface area contributed by atoms with Crippen LogP contribution in [0.15, 0.2) is 57.9 Å². The molecule has 0 radical (unpaired) electrons. The normalized spacial score (nSPS) is 15.5. The number of hydrogen-bond acceptors (Lipinski definition) is 5. The van der Waals surface area contributed by atoms with Gasteiger partial charge in [-0.05, 0) is 49.2 Å². The van der Waals surface area contributed by atoms with E-state index in [2.05, 4.69) is 0 Å². The second kappa shape index (κ2) is 8.80. The highest BCUT2D eigenvalue weighted by Crippen LogP contribution is 2.29. The Hall–Kier alpha value is -3.10. The minimum absolute atomic E-state index is 0.179. The molecule has 1 fully saturated rings. The van der Waals surface area contributed by atoms with Crippen LogP contribution in [-0.2, 0) is 14.8 Å². The van der Waals surface area contributed by atoms with Gasteiger partial charge in [0.15, 0.2) is 11.3 Å². The van der Waals surface area contributed by atoms with Crippen molar-refractivity contribution < 1.29 is 22.4 Å². The molecule has 32 heavy (non-hydrogen) atoms. The summed E-state index contributed by atoms with van der Waals surface area (Å²) in [4.78, 5) is 14.6. The number of nitrogens with zero attached hydrogens (tertiary/aromatic N) is 2. The molecule has 0 unspecified atom stereocenters. The molecule has 1 aromatic heterocycles. The molecular formula is C24H26N2O5S. The SMILES string of the molecule is COc1cccc2cc(/C=C/C(=O)N3CCN(S(=O)(=O)c4cc(C)ccc4C)CC3)oc12. The van der Waals surface area contributed by atoms with Crippen LogP contribution in [0.25, 0.3) is 17.0 Å². The van der Waals surface area contributed by atoms with Crippen LogP contribution in [0.4, 0.5) is 0 Å². The number of carbonyl (C=O) groups is 1. The number of hydrogen-bond donors (Lipinski definition) is 0. The Labute approximate surface area is 187 Å². The quantitative estimate of drug-likeness (QED) is 0.551. The van der Waals surface area contributed by atoms with Gasteiger partial charge in [-0.2, -0.15) is 4.31 Å². The van der Waals surface area contributed by atoms with Crippen LogP contribution in [0.3, 0.4) is 0 Å². The fourth-order valence-electron chi connectivity index (χ4n) is 3.83. The standard InChI is InChI=1S/C24H26N2O5S/c1-17-7-8-18(2)22(15-17)32(28,29)26-13-11-25(12-14-26)23(27)10-9-20-16-19-5-4-6-21(30-3)24(19)31-20/h4-10,15-16H,11-14H2,1-3H3/b10-9+. The molecule has 4 rings (SSSR count). The molecule has 0 aliphatic carbocycles. The van der Waals surface area contributed by atoms with E-state index in [4.69, 9.17) is 9.15 Å². The van der Waals surface area contributed by atoms with Crippen molar-refractivity contribution in [1.82, 2.24) is 9.21 Å². The molecule has 0 atom stereocenters. The first kappa shape index (κ1) is 22.1. The first-order valence-corrected chi connectivity index (χ1v) is 11.8. The third-order valence-corrected chi connectivity index (χ3v) is 7.69.